The van der Waals surface area contributed by atoms with Gasteiger partial charge in [-0.25, -0.2) is 4.79 Å². The van der Waals surface area contributed by atoms with Crippen molar-refractivity contribution in [2.24, 2.45) is 0 Å². The number of amides is 1. The molecule has 1 heterocycles. The van der Waals surface area contributed by atoms with Gasteiger partial charge >= 0.3 is 5.97 Å². The Balaban J connectivity index is 2.19. The van der Waals surface area contributed by atoms with Gasteiger partial charge in [0.1, 0.15) is 11.8 Å². The smallest absolute Gasteiger partial charge is 0.328 e. The first-order valence-electron chi connectivity index (χ1n) is 7.49. The Bertz CT molecular complexity index is 559. The summed E-state index contributed by atoms with van der Waals surface area (Å²) in [4.78, 5) is 25.8. The molecule has 0 saturated carbocycles. The van der Waals surface area contributed by atoms with E-state index in [2.05, 4.69) is 5.32 Å². The van der Waals surface area contributed by atoms with Gasteiger partial charge in [-0.3, -0.25) is 9.69 Å². The largest absolute Gasteiger partial charge is 0.497 e. The summed E-state index contributed by atoms with van der Waals surface area (Å²) in [5.74, 6) is 0.154. The van der Waals surface area contributed by atoms with Crippen molar-refractivity contribution >= 4 is 23.3 Å². The van der Waals surface area contributed by atoms with Gasteiger partial charge < -0.3 is 14.8 Å². The Morgan fingerprint density at radius 2 is 2.23 bits per heavy atom. The maximum absolute atomic E-state index is 12.2. The predicted molar refractivity (Wildman–Crippen MR) is 84.3 cm³/mol. The summed E-state index contributed by atoms with van der Waals surface area (Å²) in [5.41, 5.74) is 1.43. The quantitative estimate of drug-likeness (QED) is 0.644. The number of hydrogen-bond acceptors (Lipinski definition) is 5. The summed E-state index contributed by atoms with van der Waals surface area (Å²) in [5, 5.41) is 3.04. The number of fused-ring (bicyclic) bond motifs is 1. The van der Waals surface area contributed by atoms with Crippen LogP contribution >= 0.6 is 0 Å². The topological polar surface area (TPSA) is 67.9 Å². The van der Waals surface area contributed by atoms with Crippen LogP contribution in [0.15, 0.2) is 18.2 Å². The number of carbonyl (C=O) groups excluding carboxylic acids is 2. The fraction of sp³-hybridized carbons (Fsp3) is 0.500. The first kappa shape index (κ1) is 16.1. The lowest BCUT2D eigenvalue weighted by molar-refractivity contribution is -0.146. The summed E-state index contributed by atoms with van der Waals surface area (Å²) < 4.78 is 10.4. The van der Waals surface area contributed by atoms with Crippen LogP contribution in [0.25, 0.3) is 0 Å². The highest BCUT2D eigenvalue weighted by Crippen LogP contribution is 2.34. The van der Waals surface area contributed by atoms with Gasteiger partial charge in [-0.15, -0.1) is 0 Å². The molecule has 6 nitrogen and oxygen atoms in total. The average molecular weight is 306 g/mol. The van der Waals surface area contributed by atoms with Crippen molar-refractivity contribution < 1.29 is 19.1 Å². The van der Waals surface area contributed by atoms with Crippen LogP contribution in [-0.2, 0) is 14.3 Å². The van der Waals surface area contributed by atoms with Crippen LogP contribution in [0.1, 0.15) is 26.7 Å². The standard InChI is InChI=1S/C16H22N2O4/c1-4-5-8-22-16(20)11(2)18-14-7-6-12(21-3)9-13(14)17-10-15(18)19/h6-7,9,11,17H,4-5,8,10H2,1-3H3. The Morgan fingerprint density at radius 3 is 2.91 bits per heavy atom. The molecule has 22 heavy (non-hydrogen) atoms. The molecule has 1 atom stereocenters. The van der Waals surface area contributed by atoms with Crippen molar-refractivity contribution in [2.45, 2.75) is 32.7 Å². The molecule has 1 N–H and O–H groups in total. The molecule has 1 unspecified atom stereocenters. The Morgan fingerprint density at radius 1 is 1.45 bits per heavy atom. The second-order valence-corrected chi connectivity index (χ2v) is 5.20. The van der Waals surface area contributed by atoms with Gasteiger partial charge in [0.2, 0.25) is 5.91 Å². The maximum atomic E-state index is 12.2. The molecule has 0 fully saturated rings. The molecule has 1 aliphatic heterocycles. The molecule has 1 amide bonds. The summed E-state index contributed by atoms with van der Waals surface area (Å²) in [6.07, 6.45) is 1.78. The molecule has 0 radical (unpaired) electrons. The highest BCUT2D eigenvalue weighted by atomic mass is 16.5. The number of carbonyl (C=O) groups is 2. The van der Waals surface area contributed by atoms with E-state index in [1.54, 1.807) is 26.2 Å². The fourth-order valence-electron chi connectivity index (χ4n) is 2.35. The number of anilines is 2. The van der Waals surface area contributed by atoms with Gasteiger partial charge in [0.15, 0.2) is 0 Å². The number of methoxy groups -OCH3 is 1. The van der Waals surface area contributed by atoms with Crippen LogP contribution in [0, 0.1) is 0 Å². The van der Waals surface area contributed by atoms with Crippen molar-refractivity contribution in [2.75, 3.05) is 30.5 Å². The molecule has 0 aliphatic carbocycles. The molecular weight excluding hydrogens is 284 g/mol. The van der Waals surface area contributed by atoms with Gasteiger partial charge in [0.25, 0.3) is 0 Å². The van der Waals surface area contributed by atoms with Crippen molar-refractivity contribution in [3.05, 3.63) is 18.2 Å². The van der Waals surface area contributed by atoms with E-state index in [4.69, 9.17) is 9.47 Å². The van der Waals surface area contributed by atoms with Gasteiger partial charge in [0.05, 0.1) is 31.6 Å². The zero-order valence-corrected chi connectivity index (χ0v) is 13.2. The van der Waals surface area contributed by atoms with Crippen LogP contribution in [0.4, 0.5) is 11.4 Å². The fourth-order valence-corrected chi connectivity index (χ4v) is 2.35. The minimum absolute atomic E-state index is 0.146. The predicted octanol–water partition coefficient (Wildman–Crippen LogP) is 2.19. The number of esters is 1. The van der Waals surface area contributed by atoms with Crippen molar-refractivity contribution in [1.82, 2.24) is 0 Å². The van der Waals surface area contributed by atoms with E-state index in [0.29, 0.717) is 18.0 Å². The van der Waals surface area contributed by atoms with Crippen molar-refractivity contribution in [1.29, 1.82) is 0 Å². The number of unbranched alkanes of at least 4 members (excludes halogenated alkanes) is 1. The van der Waals surface area contributed by atoms with Gasteiger partial charge in [-0.2, -0.15) is 0 Å². The SMILES string of the molecule is CCCCOC(=O)C(C)N1C(=O)CNc2cc(OC)ccc21. The lowest BCUT2D eigenvalue weighted by Gasteiger charge is -2.33. The Kier molecular flexibility index (Phi) is 5.25. The second kappa shape index (κ2) is 7.15. The van der Waals surface area contributed by atoms with E-state index < -0.39 is 6.04 Å². The molecule has 0 saturated heterocycles. The monoisotopic (exact) mass is 306 g/mol. The number of hydrogen-bond donors (Lipinski definition) is 1. The number of nitrogens with zero attached hydrogens (tertiary/aromatic N) is 1. The first-order chi connectivity index (χ1) is 10.6. The number of rotatable bonds is 6. The van der Waals surface area contributed by atoms with E-state index in [-0.39, 0.29) is 18.4 Å². The van der Waals surface area contributed by atoms with Crippen LogP contribution in [-0.4, -0.2) is 38.2 Å². The van der Waals surface area contributed by atoms with E-state index >= 15 is 0 Å². The lowest BCUT2D eigenvalue weighted by atomic mass is 10.1. The van der Waals surface area contributed by atoms with E-state index in [0.717, 1.165) is 18.5 Å². The second-order valence-electron chi connectivity index (χ2n) is 5.20. The van der Waals surface area contributed by atoms with Gasteiger partial charge in [0, 0.05) is 6.07 Å². The van der Waals surface area contributed by atoms with Crippen LogP contribution in [0.5, 0.6) is 5.75 Å². The molecule has 1 aromatic carbocycles. The molecular formula is C16H22N2O4. The maximum Gasteiger partial charge on any atom is 0.328 e. The van der Waals surface area contributed by atoms with E-state index in [9.17, 15) is 9.59 Å². The van der Waals surface area contributed by atoms with E-state index in [1.165, 1.54) is 4.90 Å². The minimum Gasteiger partial charge on any atom is -0.497 e. The Hall–Kier alpha value is -2.24. The minimum atomic E-state index is -0.654. The number of nitrogens with one attached hydrogen (secondary N) is 1. The molecule has 1 aromatic rings. The van der Waals surface area contributed by atoms with Gasteiger partial charge in [-0.05, 0) is 25.5 Å². The third-order valence-corrected chi connectivity index (χ3v) is 3.63. The summed E-state index contributed by atoms with van der Waals surface area (Å²) in [7, 11) is 1.58. The summed E-state index contributed by atoms with van der Waals surface area (Å²) in [6.45, 7) is 4.24. The molecule has 2 rings (SSSR count). The number of ether oxygens (including phenoxy) is 2. The lowest BCUT2D eigenvalue weighted by Crippen LogP contribution is -2.49. The molecule has 0 bridgehead atoms. The zero-order valence-electron chi connectivity index (χ0n) is 13.2. The van der Waals surface area contributed by atoms with Gasteiger partial charge in [-0.1, -0.05) is 13.3 Å². The van der Waals surface area contributed by atoms with Crippen LogP contribution in [0.3, 0.4) is 0 Å². The normalized spacial score (nSPS) is 14.9. The average Bonchev–Trinajstić information content (AvgIpc) is 2.53. The molecule has 120 valence electrons. The van der Waals surface area contributed by atoms with Crippen molar-refractivity contribution in [3.63, 3.8) is 0 Å². The van der Waals surface area contributed by atoms with Crippen LogP contribution < -0.4 is 15.0 Å². The van der Waals surface area contributed by atoms with E-state index in [1.807, 2.05) is 13.0 Å². The van der Waals surface area contributed by atoms with Crippen LogP contribution in [0.2, 0.25) is 0 Å². The first-order valence-corrected chi connectivity index (χ1v) is 7.49. The zero-order chi connectivity index (χ0) is 16.1. The molecule has 0 aromatic heterocycles. The number of benzene rings is 1. The molecule has 1 aliphatic rings. The molecule has 0 spiro atoms. The summed E-state index contributed by atoms with van der Waals surface area (Å²) >= 11 is 0. The Labute approximate surface area is 130 Å². The molecule has 6 heteroatoms. The highest BCUT2D eigenvalue weighted by molar-refractivity contribution is 6.06. The third kappa shape index (κ3) is 3.32. The highest BCUT2D eigenvalue weighted by Gasteiger charge is 2.32. The summed E-state index contributed by atoms with van der Waals surface area (Å²) in [6, 6.07) is 4.69. The third-order valence-electron chi connectivity index (χ3n) is 3.63. The van der Waals surface area contributed by atoms with Crippen molar-refractivity contribution in [3.8, 4) is 5.75 Å².